The highest BCUT2D eigenvalue weighted by Gasteiger charge is 2.27. The lowest BCUT2D eigenvalue weighted by Gasteiger charge is -2.40. The Labute approximate surface area is 207 Å². The molecule has 2 fully saturated rings. The van der Waals surface area contributed by atoms with Gasteiger partial charge < -0.3 is 15.1 Å². The van der Waals surface area contributed by atoms with Crippen LogP contribution in [0.15, 0.2) is 23.2 Å². The maximum absolute atomic E-state index is 14.3. The third-order valence-electron chi connectivity index (χ3n) is 6.12. The van der Waals surface area contributed by atoms with Gasteiger partial charge in [-0.1, -0.05) is 13.0 Å². The highest BCUT2D eigenvalue weighted by atomic mass is 127. The first-order valence-electron chi connectivity index (χ1n) is 11.5. The van der Waals surface area contributed by atoms with Gasteiger partial charge in [-0.3, -0.25) is 14.7 Å². The lowest BCUT2D eigenvalue weighted by Crippen LogP contribution is -2.53. The van der Waals surface area contributed by atoms with E-state index in [4.69, 9.17) is 4.99 Å². The number of benzene rings is 1. The quantitative estimate of drug-likeness (QED) is 0.227. The third-order valence-corrected chi connectivity index (χ3v) is 6.12. The first kappa shape index (κ1) is 26.8. The molecule has 9 heteroatoms. The monoisotopic (exact) mass is 563 g/mol. The number of amides is 1. The van der Waals surface area contributed by atoms with Crippen LogP contribution in [0.4, 0.5) is 8.78 Å². The number of hydrogen-bond acceptors (Lipinski definition) is 3. The van der Waals surface area contributed by atoms with Gasteiger partial charge >= 0.3 is 0 Å². The van der Waals surface area contributed by atoms with Gasteiger partial charge in [-0.15, -0.1) is 24.0 Å². The number of rotatable bonds is 8. The topological polar surface area (TPSA) is 51.2 Å². The van der Waals surface area contributed by atoms with Crippen LogP contribution in [0.2, 0.25) is 0 Å². The molecule has 2 aliphatic heterocycles. The van der Waals surface area contributed by atoms with E-state index < -0.39 is 11.6 Å². The first-order chi connectivity index (χ1) is 15.0. The number of piperazine rings is 1. The molecule has 32 heavy (non-hydrogen) atoms. The molecule has 1 aromatic rings. The summed E-state index contributed by atoms with van der Waals surface area (Å²) in [4.78, 5) is 22.9. The number of halogens is 3. The van der Waals surface area contributed by atoms with E-state index >= 15 is 0 Å². The fourth-order valence-electron chi connectivity index (χ4n) is 4.50. The second-order valence-corrected chi connectivity index (χ2v) is 8.19. The van der Waals surface area contributed by atoms with Crippen molar-refractivity contribution in [2.75, 3.05) is 52.4 Å². The number of guanidine groups is 1. The van der Waals surface area contributed by atoms with Crippen molar-refractivity contribution in [1.29, 1.82) is 0 Å². The van der Waals surface area contributed by atoms with Crippen molar-refractivity contribution >= 4 is 35.8 Å². The molecule has 0 radical (unpaired) electrons. The van der Waals surface area contributed by atoms with Gasteiger partial charge in [0, 0.05) is 76.5 Å². The predicted octanol–water partition coefficient (Wildman–Crippen LogP) is 3.63. The van der Waals surface area contributed by atoms with Crippen molar-refractivity contribution in [3.05, 3.63) is 35.4 Å². The molecule has 1 atom stereocenters. The largest absolute Gasteiger partial charge is 0.357 e. The molecular weight excluding hydrogens is 527 g/mol. The van der Waals surface area contributed by atoms with Crippen LogP contribution in [0.1, 0.15) is 51.1 Å². The molecule has 1 unspecified atom stereocenters. The molecule has 180 valence electrons. The summed E-state index contributed by atoms with van der Waals surface area (Å²) in [5.74, 6) is 0.146. The average Bonchev–Trinajstić information content (AvgIpc) is 3.17. The van der Waals surface area contributed by atoms with E-state index in [0.717, 1.165) is 77.1 Å². The van der Waals surface area contributed by atoms with Gasteiger partial charge in [0.25, 0.3) is 0 Å². The Hall–Kier alpha value is -1.49. The van der Waals surface area contributed by atoms with Crippen molar-refractivity contribution in [1.82, 2.24) is 20.0 Å². The standard InChI is InChI=1S/C23H35F2N5O.HI/c1-3-21(19-9-8-18(24)17-20(19)25)28-13-15-30(16-14-28)23(26-4-2)27-10-6-12-29-11-5-7-22(29)31;/h8-9,17,21H,3-7,10-16H2,1-2H3,(H,26,27);1H. The van der Waals surface area contributed by atoms with Crippen LogP contribution in [0, 0.1) is 11.6 Å². The number of hydrogen-bond donors (Lipinski definition) is 1. The van der Waals surface area contributed by atoms with Crippen molar-refractivity contribution in [2.45, 2.75) is 45.6 Å². The fourth-order valence-corrected chi connectivity index (χ4v) is 4.50. The van der Waals surface area contributed by atoms with Gasteiger partial charge in [0.05, 0.1) is 0 Å². The maximum Gasteiger partial charge on any atom is 0.222 e. The first-order valence-corrected chi connectivity index (χ1v) is 11.5. The molecule has 1 N–H and O–H groups in total. The summed E-state index contributed by atoms with van der Waals surface area (Å²) in [6.07, 6.45) is 3.28. The zero-order valence-electron chi connectivity index (χ0n) is 19.2. The minimum absolute atomic E-state index is 0. The second-order valence-electron chi connectivity index (χ2n) is 8.19. The van der Waals surface area contributed by atoms with Gasteiger partial charge in [-0.25, -0.2) is 8.78 Å². The number of nitrogens with one attached hydrogen (secondary N) is 1. The Morgan fingerprint density at radius 1 is 1.16 bits per heavy atom. The molecular formula is C23H36F2IN5O. The number of nitrogens with zero attached hydrogens (tertiary/aromatic N) is 4. The number of carbonyl (C=O) groups excluding carboxylic acids is 1. The van der Waals surface area contributed by atoms with E-state index in [9.17, 15) is 13.6 Å². The summed E-state index contributed by atoms with van der Waals surface area (Å²) in [5, 5.41) is 3.37. The van der Waals surface area contributed by atoms with Crippen LogP contribution in [-0.2, 0) is 4.79 Å². The fraction of sp³-hybridized carbons (Fsp3) is 0.652. The van der Waals surface area contributed by atoms with Gasteiger partial charge in [0.2, 0.25) is 5.91 Å². The van der Waals surface area contributed by atoms with Gasteiger partial charge in [0.1, 0.15) is 11.6 Å². The number of carbonyl (C=O) groups is 1. The van der Waals surface area contributed by atoms with E-state index in [2.05, 4.69) is 22.0 Å². The van der Waals surface area contributed by atoms with Crippen molar-refractivity contribution in [3.8, 4) is 0 Å². The Morgan fingerprint density at radius 3 is 2.50 bits per heavy atom. The summed E-state index contributed by atoms with van der Waals surface area (Å²) in [7, 11) is 0. The minimum atomic E-state index is -0.540. The molecule has 1 amide bonds. The van der Waals surface area contributed by atoms with Crippen molar-refractivity contribution < 1.29 is 13.6 Å². The van der Waals surface area contributed by atoms with E-state index in [1.807, 2.05) is 11.8 Å². The summed E-state index contributed by atoms with van der Waals surface area (Å²) in [6.45, 7) is 10.4. The van der Waals surface area contributed by atoms with Crippen LogP contribution >= 0.6 is 24.0 Å². The zero-order valence-corrected chi connectivity index (χ0v) is 21.5. The Bertz CT molecular complexity index is 771. The van der Waals surface area contributed by atoms with E-state index in [1.165, 1.54) is 6.07 Å². The molecule has 2 saturated heterocycles. The molecule has 0 saturated carbocycles. The maximum atomic E-state index is 14.3. The molecule has 0 spiro atoms. The highest BCUT2D eigenvalue weighted by molar-refractivity contribution is 14.0. The Morgan fingerprint density at radius 2 is 1.91 bits per heavy atom. The minimum Gasteiger partial charge on any atom is -0.357 e. The average molecular weight is 563 g/mol. The smallest absolute Gasteiger partial charge is 0.222 e. The molecule has 0 bridgehead atoms. The second kappa shape index (κ2) is 13.3. The van der Waals surface area contributed by atoms with E-state index in [0.29, 0.717) is 18.5 Å². The lowest BCUT2D eigenvalue weighted by atomic mass is 10.0. The summed E-state index contributed by atoms with van der Waals surface area (Å²) in [6, 6.07) is 3.82. The molecule has 3 rings (SSSR count). The molecule has 1 aromatic carbocycles. The Balaban J connectivity index is 0.00000363. The van der Waals surface area contributed by atoms with Crippen LogP contribution in [-0.4, -0.2) is 78.9 Å². The van der Waals surface area contributed by atoms with Gasteiger partial charge in [0.15, 0.2) is 5.96 Å². The number of aliphatic imine (C=N–C) groups is 1. The third kappa shape index (κ3) is 7.00. The van der Waals surface area contributed by atoms with Crippen LogP contribution in [0.25, 0.3) is 0 Å². The zero-order chi connectivity index (χ0) is 22.2. The van der Waals surface area contributed by atoms with Crippen LogP contribution in [0.3, 0.4) is 0 Å². The SMILES string of the molecule is CCNC(=NCCCN1CCCC1=O)N1CCN(C(CC)c2ccc(F)cc2F)CC1.I. The molecule has 2 heterocycles. The highest BCUT2D eigenvalue weighted by Crippen LogP contribution is 2.28. The summed E-state index contributed by atoms with van der Waals surface area (Å²) >= 11 is 0. The normalized spacial score (nSPS) is 18.6. The van der Waals surface area contributed by atoms with Crippen molar-refractivity contribution in [2.24, 2.45) is 4.99 Å². The number of likely N-dealkylation sites (tertiary alicyclic amines) is 1. The molecule has 6 nitrogen and oxygen atoms in total. The lowest BCUT2D eigenvalue weighted by molar-refractivity contribution is -0.127. The van der Waals surface area contributed by atoms with Gasteiger partial charge in [-0.2, -0.15) is 0 Å². The molecule has 0 aliphatic carbocycles. The van der Waals surface area contributed by atoms with Gasteiger partial charge in [-0.05, 0) is 32.3 Å². The summed E-state index contributed by atoms with van der Waals surface area (Å²) in [5.41, 5.74) is 0.564. The Kier molecular flexibility index (Phi) is 11.1. The van der Waals surface area contributed by atoms with Crippen LogP contribution < -0.4 is 5.32 Å². The van der Waals surface area contributed by atoms with E-state index in [1.54, 1.807) is 6.07 Å². The van der Waals surface area contributed by atoms with E-state index in [-0.39, 0.29) is 35.9 Å². The molecule has 2 aliphatic rings. The van der Waals surface area contributed by atoms with Crippen LogP contribution in [0.5, 0.6) is 0 Å². The summed E-state index contributed by atoms with van der Waals surface area (Å²) < 4.78 is 27.6. The molecule has 0 aromatic heterocycles. The predicted molar refractivity (Wildman–Crippen MR) is 134 cm³/mol. The van der Waals surface area contributed by atoms with Crippen molar-refractivity contribution in [3.63, 3.8) is 0 Å².